The Balaban J connectivity index is 2.52. The second kappa shape index (κ2) is 5.39. The number of hydrogen-bond donors (Lipinski definition) is 1. The number of carboxylic acids is 1. The summed E-state index contributed by atoms with van der Waals surface area (Å²) in [6.45, 7) is 2.25. The van der Waals surface area contributed by atoms with Crippen LogP contribution < -0.4 is 0 Å². The molecule has 0 spiro atoms. The van der Waals surface area contributed by atoms with Gasteiger partial charge in [-0.1, -0.05) is 0 Å². The number of carboxylic acid groups (broad SMARTS) is 1. The van der Waals surface area contributed by atoms with Crippen molar-refractivity contribution in [2.45, 2.75) is 25.0 Å². The maximum absolute atomic E-state index is 11.8. The minimum Gasteiger partial charge on any atom is -0.480 e. The first-order valence-electron chi connectivity index (χ1n) is 5.08. The molecule has 1 N–H and O–H groups in total. The van der Waals surface area contributed by atoms with E-state index in [1.165, 1.54) is 16.7 Å². The molecule has 1 amide bonds. The van der Waals surface area contributed by atoms with E-state index in [-0.39, 0.29) is 17.7 Å². The molecule has 15 heavy (non-hydrogen) atoms. The SMILES string of the molecule is CSC(C)C(=O)N(CC(=O)O)CC1CC1. The molecule has 4 nitrogen and oxygen atoms in total. The Bertz CT molecular complexity index is 253. The van der Waals surface area contributed by atoms with Gasteiger partial charge in [-0.05, 0) is 31.9 Å². The molecule has 0 bridgehead atoms. The van der Waals surface area contributed by atoms with Gasteiger partial charge in [0.25, 0.3) is 0 Å². The quantitative estimate of drug-likeness (QED) is 0.742. The van der Waals surface area contributed by atoms with E-state index in [2.05, 4.69) is 0 Å². The van der Waals surface area contributed by atoms with Crippen LogP contribution in [0.15, 0.2) is 0 Å². The van der Waals surface area contributed by atoms with E-state index >= 15 is 0 Å². The zero-order chi connectivity index (χ0) is 11.4. The van der Waals surface area contributed by atoms with Crippen LogP contribution in [-0.2, 0) is 9.59 Å². The molecular formula is C10H17NO3S. The average molecular weight is 231 g/mol. The second-order valence-electron chi connectivity index (χ2n) is 3.93. The summed E-state index contributed by atoms with van der Waals surface area (Å²) in [4.78, 5) is 23.9. The van der Waals surface area contributed by atoms with Crippen molar-refractivity contribution >= 4 is 23.6 Å². The van der Waals surface area contributed by atoms with Crippen LogP contribution in [0.3, 0.4) is 0 Å². The van der Waals surface area contributed by atoms with E-state index in [4.69, 9.17) is 5.11 Å². The van der Waals surface area contributed by atoms with Crippen molar-refractivity contribution in [3.63, 3.8) is 0 Å². The van der Waals surface area contributed by atoms with Crippen molar-refractivity contribution in [3.05, 3.63) is 0 Å². The smallest absolute Gasteiger partial charge is 0.323 e. The van der Waals surface area contributed by atoms with Crippen molar-refractivity contribution in [2.24, 2.45) is 5.92 Å². The predicted molar refractivity (Wildman–Crippen MR) is 59.9 cm³/mol. The van der Waals surface area contributed by atoms with Gasteiger partial charge in [-0.25, -0.2) is 0 Å². The fourth-order valence-electron chi connectivity index (χ4n) is 1.37. The molecule has 0 radical (unpaired) electrons. The number of hydrogen-bond acceptors (Lipinski definition) is 3. The third-order valence-corrected chi connectivity index (χ3v) is 3.42. The Morgan fingerprint density at radius 2 is 2.13 bits per heavy atom. The molecule has 1 aliphatic rings. The molecule has 1 rings (SSSR count). The molecule has 0 saturated heterocycles. The summed E-state index contributed by atoms with van der Waals surface area (Å²) in [6.07, 6.45) is 4.10. The number of carbonyl (C=O) groups is 2. The Hall–Kier alpha value is -0.710. The van der Waals surface area contributed by atoms with Crippen LogP contribution in [0.5, 0.6) is 0 Å². The lowest BCUT2D eigenvalue weighted by molar-refractivity contribution is -0.144. The first-order chi connectivity index (χ1) is 7.04. The summed E-state index contributed by atoms with van der Waals surface area (Å²) in [5, 5.41) is 8.57. The molecule has 0 aromatic heterocycles. The van der Waals surface area contributed by atoms with Gasteiger partial charge in [0, 0.05) is 6.54 Å². The topological polar surface area (TPSA) is 57.6 Å². The Morgan fingerprint density at radius 3 is 2.53 bits per heavy atom. The van der Waals surface area contributed by atoms with Crippen molar-refractivity contribution in [1.82, 2.24) is 4.90 Å². The van der Waals surface area contributed by atoms with E-state index in [1.807, 2.05) is 13.2 Å². The molecular weight excluding hydrogens is 214 g/mol. The van der Waals surface area contributed by atoms with Crippen LogP contribution in [0.25, 0.3) is 0 Å². The number of nitrogens with zero attached hydrogens (tertiary/aromatic N) is 1. The first-order valence-corrected chi connectivity index (χ1v) is 6.36. The molecule has 1 aliphatic carbocycles. The largest absolute Gasteiger partial charge is 0.480 e. The van der Waals surface area contributed by atoms with Crippen molar-refractivity contribution < 1.29 is 14.7 Å². The van der Waals surface area contributed by atoms with E-state index in [0.717, 1.165) is 12.8 Å². The fourth-order valence-corrected chi connectivity index (χ4v) is 1.72. The highest BCUT2D eigenvalue weighted by Gasteiger charge is 2.29. The van der Waals surface area contributed by atoms with Gasteiger partial charge in [0.15, 0.2) is 0 Å². The van der Waals surface area contributed by atoms with Gasteiger partial charge < -0.3 is 10.0 Å². The normalized spacial score (nSPS) is 17.2. The lowest BCUT2D eigenvalue weighted by Crippen LogP contribution is -2.41. The van der Waals surface area contributed by atoms with Crippen LogP contribution in [0.1, 0.15) is 19.8 Å². The lowest BCUT2D eigenvalue weighted by Gasteiger charge is -2.23. The standard InChI is InChI=1S/C10H17NO3S/c1-7(15-2)10(14)11(6-9(12)13)5-8-3-4-8/h7-8H,3-6H2,1-2H3,(H,12,13). The third-order valence-electron chi connectivity index (χ3n) is 2.51. The first kappa shape index (κ1) is 12.4. The number of thioether (sulfide) groups is 1. The summed E-state index contributed by atoms with van der Waals surface area (Å²) >= 11 is 1.45. The van der Waals surface area contributed by atoms with Crippen LogP contribution in [-0.4, -0.2) is 46.5 Å². The van der Waals surface area contributed by atoms with Gasteiger partial charge >= 0.3 is 5.97 Å². The minimum atomic E-state index is -0.933. The lowest BCUT2D eigenvalue weighted by atomic mass is 10.3. The molecule has 1 saturated carbocycles. The molecule has 0 heterocycles. The zero-order valence-corrected chi connectivity index (χ0v) is 9.92. The average Bonchev–Trinajstić information content (AvgIpc) is 2.97. The highest BCUT2D eigenvalue weighted by atomic mass is 32.2. The highest BCUT2D eigenvalue weighted by molar-refractivity contribution is 7.99. The van der Waals surface area contributed by atoms with Crippen molar-refractivity contribution in [3.8, 4) is 0 Å². The summed E-state index contributed by atoms with van der Waals surface area (Å²) < 4.78 is 0. The maximum Gasteiger partial charge on any atom is 0.323 e. The fraction of sp³-hybridized carbons (Fsp3) is 0.800. The van der Waals surface area contributed by atoms with Crippen LogP contribution in [0.2, 0.25) is 0 Å². The van der Waals surface area contributed by atoms with Crippen LogP contribution >= 0.6 is 11.8 Å². The van der Waals surface area contributed by atoms with E-state index in [9.17, 15) is 9.59 Å². The predicted octanol–water partition coefficient (Wildman–Crippen LogP) is 1.06. The van der Waals surface area contributed by atoms with Crippen molar-refractivity contribution in [1.29, 1.82) is 0 Å². The maximum atomic E-state index is 11.8. The molecule has 0 aromatic carbocycles. The summed E-state index contributed by atoms with van der Waals surface area (Å²) in [5.74, 6) is -0.462. The third kappa shape index (κ3) is 4.11. The van der Waals surface area contributed by atoms with Crippen LogP contribution in [0, 0.1) is 5.92 Å². The van der Waals surface area contributed by atoms with Crippen molar-refractivity contribution in [2.75, 3.05) is 19.3 Å². The zero-order valence-electron chi connectivity index (χ0n) is 9.10. The van der Waals surface area contributed by atoms with E-state index < -0.39 is 5.97 Å². The number of aliphatic carboxylic acids is 1. The van der Waals surface area contributed by atoms with Gasteiger partial charge in [0.1, 0.15) is 6.54 Å². The molecule has 5 heteroatoms. The summed E-state index contributed by atoms with van der Waals surface area (Å²) in [6, 6.07) is 0. The van der Waals surface area contributed by atoms with Crippen LogP contribution in [0.4, 0.5) is 0 Å². The summed E-state index contributed by atoms with van der Waals surface area (Å²) in [5.41, 5.74) is 0. The Morgan fingerprint density at radius 1 is 1.53 bits per heavy atom. The van der Waals surface area contributed by atoms with Gasteiger partial charge in [-0.15, -0.1) is 0 Å². The monoisotopic (exact) mass is 231 g/mol. The van der Waals surface area contributed by atoms with E-state index in [1.54, 1.807) is 0 Å². The molecule has 1 unspecified atom stereocenters. The highest BCUT2D eigenvalue weighted by Crippen LogP contribution is 2.30. The van der Waals surface area contributed by atoms with Gasteiger partial charge in [-0.2, -0.15) is 11.8 Å². The molecule has 86 valence electrons. The molecule has 1 fully saturated rings. The van der Waals surface area contributed by atoms with Gasteiger partial charge in [0.05, 0.1) is 5.25 Å². The Kier molecular flexibility index (Phi) is 4.45. The second-order valence-corrected chi connectivity index (χ2v) is 5.11. The molecule has 0 aromatic rings. The number of rotatable bonds is 6. The van der Waals surface area contributed by atoms with E-state index in [0.29, 0.717) is 12.5 Å². The minimum absolute atomic E-state index is 0.0585. The summed E-state index contributed by atoms with van der Waals surface area (Å²) in [7, 11) is 0. The van der Waals surface area contributed by atoms with Gasteiger partial charge in [0.2, 0.25) is 5.91 Å². The molecule has 1 atom stereocenters. The number of carbonyl (C=O) groups excluding carboxylic acids is 1. The van der Waals surface area contributed by atoms with Gasteiger partial charge in [-0.3, -0.25) is 9.59 Å². The Labute approximate surface area is 94.0 Å². The number of amides is 1. The molecule has 0 aliphatic heterocycles.